The number of carbonyl (C=O) groups is 1. The lowest BCUT2D eigenvalue weighted by Gasteiger charge is -2.23. The fourth-order valence-electron chi connectivity index (χ4n) is 3.28. The quantitative estimate of drug-likeness (QED) is 0.710. The van der Waals surface area contributed by atoms with Crippen molar-refractivity contribution in [3.05, 3.63) is 64.9 Å². The Morgan fingerprint density at radius 1 is 1.25 bits per heavy atom. The molecule has 1 fully saturated rings. The van der Waals surface area contributed by atoms with Crippen molar-refractivity contribution < 1.29 is 9.18 Å². The number of carbonyl (C=O) groups excluding carboxylic acids is 1. The van der Waals surface area contributed by atoms with Crippen molar-refractivity contribution in [2.24, 2.45) is 0 Å². The van der Waals surface area contributed by atoms with Crippen molar-refractivity contribution in [3.63, 3.8) is 0 Å². The molecule has 122 valence electrons. The van der Waals surface area contributed by atoms with Crippen LogP contribution < -0.4 is 0 Å². The van der Waals surface area contributed by atoms with Gasteiger partial charge in [0.25, 0.3) is 0 Å². The molecule has 1 atom stereocenters. The zero-order valence-electron chi connectivity index (χ0n) is 13.1. The lowest BCUT2D eigenvalue weighted by molar-refractivity contribution is -0.131. The summed E-state index contributed by atoms with van der Waals surface area (Å²) in [5.41, 5.74) is 1.71. The first-order chi connectivity index (χ1) is 11.7. The predicted molar refractivity (Wildman–Crippen MR) is 93.4 cm³/mol. The van der Waals surface area contributed by atoms with Crippen molar-refractivity contribution in [3.8, 4) is 0 Å². The molecule has 3 nitrogen and oxygen atoms in total. The topological polar surface area (TPSA) is 33.2 Å². The number of hydrogen-bond donors (Lipinski definition) is 0. The number of halogens is 1. The van der Waals surface area contributed by atoms with Gasteiger partial charge in [0, 0.05) is 6.54 Å². The van der Waals surface area contributed by atoms with Crippen LogP contribution in [0.1, 0.15) is 29.5 Å². The number of para-hydroxylation sites is 1. The zero-order chi connectivity index (χ0) is 16.5. The highest BCUT2D eigenvalue weighted by molar-refractivity contribution is 7.18. The lowest BCUT2D eigenvalue weighted by Crippen LogP contribution is -2.31. The Morgan fingerprint density at radius 2 is 2.12 bits per heavy atom. The van der Waals surface area contributed by atoms with E-state index in [9.17, 15) is 9.18 Å². The molecule has 0 radical (unpaired) electrons. The normalized spacial score (nSPS) is 17.5. The van der Waals surface area contributed by atoms with Crippen molar-refractivity contribution in [1.29, 1.82) is 0 Å². The van der Waals surface area contributed by atoms with Crippen molar-refractivity contribution in [1.82, 2.24) is 9.88 Å². The van der Waals surface area contributed by atoms with Crippen LogP contribution in [0.15, 0.2) is 48.5 Å². The number of amides is 1. The molecule has 0 saturated carbocycles. The molecule has 0 aliphatic carbocycles. The van der Waals surface area contributed by atoms with Gasteiger partial charge >= 0.3 is 0 Å². The Hall–Kier alpha value is -2.27. The van der Waals surface area contributed by atoms with Crippen molar-refractivity contribution in [2.45, 2.75) is 25.3 Å². The molecule has 1 aromatic heterocycles. The van der Waals surface area contributed by atoms with Gasteiger partial charge in [0.15, 0.2) is 0 Å². The molecule has 24 heavy (non-hydrogen) atoms. The Bertz CT molecular complexity index is 859. The molecule has 1 aliphatic heterocycles. The Balaban J connectivity index is 1.56. The number of hydrogen-bond acceptors (Lipinski definition) is 3. The molecule has 1 saturated heterocycles. The van der Waals surface area contributed by atoms with Crippen LogP contribution in [0.25, 0.3) is 10.2 Å². The molecule has 4 rings (SSSR count). The number of benzene rings is 2. The molecule has 0 spiro atoms. The van der Waals surface area contributed by atoms with E-state index in [0.717, 1.165) is 40.2 Å². The van der Waals surface area contributed by atoms with Gasteiger partial charge in [0.1, 0.15) is 10.8 Å². The summed E-state index contributed by atoms with van der Waals surface area (Å²) in [5.74, 6) is -0.258. The first-order valence-electron chi connectivity index (χ1n) is 8.10. The summed E-state index contributed by atoms with van der Waals surface area (Å²) in [6, 6.07) is 14.4. The van der Waals surface area contributed by atoms with Crippen molar-refractivity contribution in [2.75, 3.05) is 6.54 Å². The predicted octanol–water partition coefficient (Wildman–Crippen LogP) is 4.34. The summed E-state index contributed by atoms with van der Waals surface area (Å²) in [4.78, 5) is 19.3. The summed E-state index contributed by atoms with van der Waals surface area (Å²) >= 11 is 1.66. The summed E-state index contributed by atoms with van der Waals surface area (Å²) in [6.07, 6.45) is 2.16. The van der Waals surface area contributed by atoms with Gasteiger partial charge in [0.2, 0.25) is 5.91 Å². The van der Waals surface area contributed by atoms with Gasteiger partial charge < -0.3 is 4.90 Å². The first-order valence-corrected chi connectivity index (χ1v) is 8.92. The lowest BCUT2D eigenvalue weighted by atomic mass is 10.1. The highest BCUT2D eigenvalue weighted by atomic mass is 32.1. The third-order valence-corrected chi connectivity index (χ3v) is 5.55. The molecule has 5 heteroatoms. The molecule has 2 heterocycles. The minimum atomic E-state index is -0.301. The van der Waals surface area contributed by atoms with Gasteiger partial charge in [-0.05, 0) is 42.7 Å². The molecule has 0 N–H and O–H groups in total. The molecule has 1 amide bonds. The Kier molecular flexibility index (Phi) is 4.02. The van der Waals surface area contributed by atoms with E-state index < -0.39 is 0 Å². The number of thiazole rings is 1. The van der Waals surface area contributed by atoms with Crippen LogP contribution in [0.4, 0.5) is 4.39 Å². The third-order valence-electron chi connectivity index (χ3n) is 4.41. The molecule has 3 aromatic rings. The maximum absolute atomic E-state index is 13.3. The molecule has 2 aromatic carbocycles. The largest absolute Gasteiger partial charge is 0.333 e. The number of fused-ring (bicyclic) bond motifs is 1. The summed E-state index contributed by atoms with van der Waals surface area (Å²) in [6.45, 7) is 0.745. The van der Waals surface area contributed by atoms with Crippen molar-refractivity contribution >= 4 is 27.5 Å². The van der Waals surface area contributed by atoms with E-state index in [1.165, 1.54) is 12.1 Å². The van der Waals surface area contributed by atoms with E-state index in [-0.39, 0.29) is 24.2 Å². The van der Waals surface area contributed by atoms with Crippen LogP contribution >= 0.6 is 11.3 Å². The molecule has 0 bridgehead atoms. The Morgan fingerprint density at radius 3 is 2.96 bits per heavy atom. The van der Waals surface area contributed by atoms with Crippen LogP contribution in [-0.2, 0) is 11.2 Å². The number of likely N-dealkylation sites (tertiary alicyclic amines) is 1. The second-order valence-corrected chi connectivity index (χ2v) is 7.13. The van der Waals surface area contributed by atoms with Gasteiger partial charge in [0.05, 0.1) is 22.7 Å². The van der Waals surface area contributed by atoms with Gasteiger partial charge in [-0.2, -0.15) is 0 Å². The molecule has 1 aliphatic rings. The third kappa shape index (κ3) is 2.91. The fraction of sp³-hybridized carbons (Fsp3) is 0.263. The number of nitrogens with zero attached hydrogens (tertiary/aromatic N) is 2. The van der Waals surface area contributed by atoms with Crippen LogP contribution in [0.3, 0.4) is 0 Å². The number of aromatic nitrogens is 1. The van der Waals surface area contributed by atoms with E-state index in [1.54, 1.807) is 23.5 Å². The minimum Gasteiger partial charge on any atom is -0.333 e. The van der Waals surface area contributed by atoms with Crippen LogP contribution in [0.5, 0.6) is 0 Å². The second kappa shape index (κ2) is 6.32. The van der Waals surface area contributed by atoms with Gasteiger partial charge in [-0.1, -0.05) is 24.3 Å². The minimum absolute atomic E-state index is 0.0438. The van der Waals surface area contributed by atoms with Gasteiger partial charge in [-0.3, -0.25) is 4.79 Å². The first kappa shape index (κ1) is 15.3. The summed E-state index contributed by atoms with van der Waals surface area (Å²) in [5, 5.41) is 1.00. The average molecular weight is 340 g/mol. The molecule has 1 unspecified atom stereocenters. The fourth-order valence-corrected chi connectivity index (χ4v) is 4.39. The monoisotopic (exact) mass is 340 g/mol. The molecular weight excluding hydrogens is 323 g/mol. The van der Waals surface area contributed by atoms with Crippen LogP contribution in [0.2, 0.25) is 0 Å². The van der Waals surface area contributed by atoms with Gasteiger partial charge in [-0.15, -0.1) is 11.3 Å². The summed E-state index contributed by atoms with van der Waals surface area (Å²) < 4.78 is 14.5. The maximum Gasteiger partial charge on any atom is 0.227 e. The standard InChI is InChI=1S/C19H17FN2OS/c20-14-6-3-5-13(11-14)12-18(23)22-10-4-8-16(22)19-21-15-7-1-2-9-17(15)24-19/h1-3,5-7,9,11,16H,4,8,10,12H2. The molecular formula is C19H17FN2OS. The highest BCUT2D eigenvalue weighted by Crippen LogP contribution is 2.36. The zero-order valence-corrected chi connectivity index (χ0v) is 13.9. The smallest absolute Gasteiger partial charge is 0.227 e. The van der Waals surface area contributed by atoms with E-state index >= 15 is 0 Å². The van der Waals surface area contributed by atoms with E-state index in [4.69, 9.17) is 4.98 Å². The number of rotatable bonds is 3. The van der Waals surface area contributed by atoms with E-state index in [2.05, 4.69) is 6.07 Å². The SMILES string of the molecule is O=C(Cc1cccc(F)c1)N1CCCC1c1nc2ccccc2s1. The van der Waals surface area contributed by atoms with Gasteiger partial charge in [-0.25, -0.2) is 9.37 Å². The maximum atomic E-state index is 13.3. The average Bonchev–Trinajstić information content (AvgIpc) is 3.21. The summed E-state index contributed by atoms with van der Waals surface area (Å²) in [7, 11) is 0. The van der Waals surface area contributed by atoms with Crippen LogP contribution in [-0.4, -0.2) is 22.3 Å². The highest BCUT2D eigenvalue weighted by Gasteiger charge is 2.32. The van der Waals surface area contributed by atoms with E-state index in [0.29, 0.717) is 0 Å². The Labute approximate surface area is 143 Å². The second-order valence-electron chi connectivity index (χ2n) is 6.07. The van der Waals surface area contributed by atoms with E-state index in [1.807, 2.05) is 23.1 Å². The van der Waals surface area contributed by atoms with Crippen LogP contribution in [0, 0.1) is 5.82 Å².